The quantitative estimate of drug-likeness (QED) is 0.313. The number of aryl methyl sites for hydroxylation is 2. The van der Waals surface area contributed by atoms with Crippen LogP contribution in [-0.4, -0.2) is 54.3 Å². The maximum Gasteiger partial charge on any atom is 0.250 e. The van der Waals surface area contributed by atoms with Gasteiger partial charge < -0.3 is 42.1 Å². The molecule has 30 heavy (non-hydrogen) atoms. The van der Waals surface area contributed by atoms with E-state index in [-0.39, 0.29) is 23.1 Å². The topological polar surface area (TPSA) is 190 Å². The molecule has 0 bridgehead atoms. The van der Waals surface area contributed by atoms with E-state index in [1.54, 1.807) is 26.0 Å². The van der Waals surface area contributed by atoms with Gasteiger partial charge in [-0.3, -0.25) is 4.79 Å². The average Bonchev–Trinajstić information content (AvgIpc) is 2.68. The molecular formula is C21H24N2O7. The highest BCUT2D eigenvalue weighted by atomic mass is 16.4. The van der Waals surface area contributed by atoms with E-state index in [9.17, 15) is 35.4 Å². The number of hydrogen-bond acceptors (Lipinski definition) is 8. The molecular weight excluding hydrogens is 392 g/mol. The van der Waals surface area contributed by atoms with Gasteiger partial charge in [-0.1, -0.05) is 12.1 Å². The first-order chi connectivity index (χ1) is 13.9. The fourth-order valence-electron chi connectivity index (χ4n) is 5.01. The van der Waals surface area contributed by atoms with Crippen LogP contribution in [0.15, 0.2) is 23.5 Å². The molecule has 0 saturated heterocycles. The molecule has 5 atom stereocenters. The van der Waals surface area contributed by atoms with E-state index < -0.39 is 52.8 Å². The van der Waals surface area contributed by atoms with Crippen molar-refractivity contribution in [2.45, 2.75) is 44.1 Å². The number of primary amides is 1. The van der Waals surface area contributed by atoms with Gasteiger partial charge in [-0.25, -0.2) is 0 Å². The molecule has 4 rings (SSSR count). The lowest BCUT2D eigenvalue weighted by molar-refractivity contribution is -0.145. The van der Waals surface area contributed by atoms with Gasteiger partial charge in [-0.15, -0.1) is 0 Å². The third kappa shape index (κ3) is 2.28. The largest absolute Gasteiger partial charge is 0.509 e. The lowest BCUT2D eigenvalue weighted by Gasteiger charge is -2.50. The minimum atomic E-state index is -2.47. The minimum absolute atomic E-state index is 0.0127. The summed E-state index contributed by atoms with van der Waals surface area (Å²) in [4.78, 5) is 11.8. The van der Waals surface area contributed by atoms with Gasteiger partial charge in [0.1, 0.15) is 29.5 Å². The van der Waals surface area contributed by atoms with Crippen LogP contribution in [0.5, 0.6) is 11.5 Å². The maximum atomic E-state index is 11.8. The first-order valence-corrected chi connectivity index (χ1v) is 9.48. The number of aliphatic hydroxyl groups excluding tert-OH is 3. The van der Waals surface area contributed by atoms with Crippen LogP contribution in [0.1, 0.15) is 28.4 Å². The van der Waals surface area contributed by atoms with Gasteiger partial charge in [-0.2, -0.15) is 0 Å². The van der Waals surface area contributed by atoms with E-state index in [4.69, 9.17) is 11.5 Å². The van der Waals surface area contributed by atoms with Gasteiger partial charge >= 0.3 is 0 Å². The molecule has 160 valence electrons. The molecule has 2 aromatic carbocycles. The smallest absolute Gasteiger partial charge is 0.250 e. The summed E-state index contributed by atoms with van der Waals surface area (Å²) < 4.78 is 0. The first kappa shape index (κ1) is 20.4. The Morgan fingerprint density at radius 2 is 1.77 bits per heavy atom. The molecule has 0 aromatic heterocycles. The van der Waals surface area contributed by atoms with Crippen molar-refractivity contribution in [3.05, 3.63) is 45.7 Å². The summed E-state index contributed by atoms with van der Waals surface area (Å²) in [6.45, 7) is 3.39. The molecule has 1 amide bonds. The number of aliphatic hydroxyl groups is 4. The number of benzene rings is 2. The second-order valence-electron chi connectivity index (χ2n) is 8.21. The van der Waals surface area contributed by atoms with Crippen molar-refractivity contribution in [2.24, 2.45) is 17.4 Å². The van der Waals surface area contributed by atoms with Gasteiger partial charge in [0.15, 0.2) is 5.60 Å². The summed E-state index contributed by atoms with van der Waals surface area (Å²) in [5.74, 6) is -3.86. The fourth-order valence-corrected chi connectivity index (χ4v) is 5.01. The number of aromatic hydroxyl groups is 2. The van der Waals surface area contributed by atoms with Gasteiger partial charge in [0.2, 0.25) is 0 Å². The number of fused-ring (bicyclic) bond motifs is 3. The Balaban J connectivity index is 2.08. The highest BCUT2D eigenvalue weighted by molar-refractivity contribution is 5.99. The van der Waals surface area contributed by atoms with Gasteiger partial charge in [0.05, 0.1) is 11.0 Å². The zero-order chi connectivity index (χ0) is 22.3. The van der Waals surface area contributed by atoms with Crippen molar-refractivity contribution in [2.75, 3.05) is 0 Å². The molecule has 0 fully saturated rings. The molecule has 2 aliphatic rings. The van der Waals surface area contributed by atoms with Crippen molar-refractivity contribution < 1.29 is 35.4 Å². The maximum absolute atomic E-state index is 11.8. The highest BCUT2D eigenvalue weighted by Crippen LogP contribution is 2.55. The van der Waals surface area contributed by atoms with Crippen molar-refractivity contribution in [3.63, 3.8) is 0 Å². The second kappa shape index (κ2) is 6.32. The number of carbonyl (C=O) groups excluding carboxylic acids is 1. The third-order valence-electron chi connectivity index (χ3n) is 6.76. The predicted octanol–water partition coefficient (Wildman–Crippen LogP) is -0.196. The van der Waals surface area contributed by atoms with E-state index in [1.807, 2.05) is 0 Å². The summed E-state index contributed by atoms with van der Waals surface area (Å²) in [6.07, 6.45) is -3.55. The van der Waals surface area contributed by atoms with E-state index >= 15 is 0 Å². The van der Waals surface area contributed by atoms with Crippen molar-refractivity contribution in [1.82, 2.24) is 0 Å². The third-order valence-corrected chi connectivity index (χ3v) is 6.76. The number of carbonyl (C=O) groups is 1. The second-order valence-corrected chi connectivity index (χ2v) is 8.21. The zero-order valence-electron chi connectivity index (χ0n) is 16.4. The summed E-state index contributed by atoms with van der Waals surface area (Å²) in [5.41, 5.74) is 9.73. The molecule has 10 N–H and O–H groups in total. The van der Waals surface area contributed by atoms with Crippen LogP contribution in [0.25, 0.3) is 10.8 Å². The average molecular weight is 416 g/mol. The van der Waals surface area contributed by atoms with Crippen LogP contribution in [0.3, 0.4) is 0 Å². The van der Waals surface area contributed by atoms with E-state index in [2.05, 4.69) is 0 Å². The van der Waals surface area contributed by atoms with Crippen molar-refractivity contribution in [3.8, 4) is 11.5 Å². The van der Waals surface area contributed by atoms with Crippen LogP contribution >= 0.6 is 0 Å². The summed E-state index contributed by atoms with van der Waals surface area (Å²) in [5, 5.41) is 65.7. The summed E-state index contributed by atoms with van der Waals surface area (Å²) >= 11 is 0. The molecule has 0 saturated carbocycles. The lowest BCUT2D eigenvalue weighted by atomic mass is 9.60. The molecule has 2 aromatic rings. The number of hydrogen-bond donors (Lipinski definition) is 8. The molecule has 2 aliphatic carbocycles. The molecule has 9 nitrogen and oxygen atoms in total. The summed E-state index contributed by atoms with van der Waals surface area (Å²) in [7, 11) is 0. The standard InChI is InChI=1S/C21H24N2O7/c1-6-3-4-8-7(2)9-5-10-14(22)17(26)13(20(23)29)19(28)21(10,30)18(27)12(9)16(25)11(8)15(6)24/h3-4,10,14,17-18,24-28,30H,5,22H2,1-2H3,(H2,23,29)/t10-,14+,17?,18?,21-/m1/s1. The number of rotatable bonds is 1. The minimum Gasteiger partial charge on any atom is -0.509 e. The van der Waals surface area contributed by atoms with Crippen LogP contribution in [0.2, 0.25) is 0 Å². The Hall–Kier alpha value is -2.85. The SMILES string of the molecule is Cc1ccc2c(C)c3c(c(O)c2c1O)C(O)[C@@]1(O)C(O)=C(C(N)=O)C(O)[C@@H](N)[C@H]1C3. The number of phenols is 2. The molecule has 2 unspecified atom stereocenters. The van der Waals surface area contributed by atoms with E-state index in [1.165, 1.54) is 0 Å². The van der Waals surface area contributed by atoms with Gasteiger partial charge in [-0.05, 0) is 42.3 Å². The number of phenolic OH excluding ortho intramolecular Hbond substituents is 2. The first-order valence-electron chi connectivity index (χ1n) is 9.48. The molecule has 0 heterocycles. The Morgan fingerprint density at radius 3 is 2.37 bits per heavy atom. The summed E-state index contributed by atoms with van der Waals surface area (Å²) in [6, 6.07) is 2.20. The zero-order valence-corrected chi connectivity index (χ0v) is 16.4. The molecule has 0 radical (unpaired) electrons. The van der Waals surface area contributed by atoms with Crippen LogP contribution in [0, 0.1) is 19.8 Å². The van der Waals surface area contributed by atoms with Gasteiger partial charge in [0, 0.05) is 17.5 Å². The lowest BCUT2D eigenvalue weighted by Crippen LogP contribution is -2.64. The van der Waals surface area contributed by atoms with Crippen molar-refractivity contribution in [1.29, 1.82) is 0 Å². The van der Waals surface area contributed by atoms with E-state index in [0.29, 0.717) is 22.1 Å². The van der Waals surface area contributed by atoms with Crippen molar-refractivity contribution >= 4 is 16.7 Å². The monoisotopic (exact) mass is 416 g/mol. The Morgan fingerprint density at radius 1 is 1.13 bits per heavy atom. The molecule has 0 aliphatic heterocycles. The number of amides is 1. The van der Waals surface area contributed by atoms with Crippen LogP contribution in [0.4, 0.5) is 0 Å². The fraction of sp³-hybridized carbons (Fsp3) is 0.381. The Bertz CT molecular complexity index is 1140. The molecule has 9 heteroatoms. The Labute approximate surface area is 171 Å². The molecule has 0 spiro atoms. The van der Waals surface area contributed by atoms with Gasteiger partial charge in [0.25, 0.3) is 5.91 Å². The highest BCUT2D eigenvalue weighted by Gasteiger charge is 2.60. The number of nitrogens with two attached hydrogens (primary N) is 2. The predicted molar refractivity (Wildman–Crippen MR) is 107 cm³/mol. The van der Waals surface area contributed by atoms with Crippen LogP contribution in [-0.2, 0) is 11.2 Å². The van der Waals surface area contributed by atoms with Crippen LogP contribution < -0.4 is 11.5 Å². The Kier molecular flexibility index (Phi) is 4.30. The normalized spacial score (nSPS) is 30.9. The van der Waals surface area contributed by atoms with E-state index in [0.717, 1.165) is 0 Å².